The Morgan fingerprint density at radius 2 is 1.71 bits per heavy atom. The number of alkyl halides is 3. The molecule has 1 saturated heterocycles. The Kier molecular flexibility index (Phi) is 7.33. The first-order valence-corrected chi connectivity index (χ1v) is 10.7. The third kappa shape index (κ3) is 6.12. The number of rotatable bonds is 6. The molecule has 3 rings (SSSR count). The van der Waals surface area contributed by atoms with Gasteiger partial charge in [0, 0.05) is 6.54 Å². The second-order valence-corrected chi connectivity index (χ2v) is 9.00. The van der Waals surface area contributed by atoms with Gasteiger partial charge in [-0.3, -0.25) is 0 Å². The number of phenols is 1. The lowest BCUT2D eigenvalue weighted by molar-refractivity contribution is -0.138. The monoisotopic (exact) mass is 477 g/mol. The normalized spacial score (nSPS) is 17.5. The van der Waals surface area contributed by atoms with Crippen LogP contribution < -0.4 is 5.32 Å². The zero-order valence-corrected chi connectivity index (χ0v) is 19.4. The van der Waals surface area contributed by atoms with E-state index < -0.39 is 41.9 Å². The fraction of sp³-hybridized carbons (Fsp3) is 0.375. The molecular weight excluding hydrogens is 450 g/mol. The van der Waals surface area contributed by atoms with E-state index in [9.17, 15) is 23.1 Å². The number of hydrogen-bond donors (Lipinski definition) is 2. The van der Waals surface area contributed by atoms with E-state index in [2.05, 4.69) is 5.32 Å². The summed E-state index contributed by atoms with van der Waals surface area (Å²) >= 11 is 0. The zero-order valence-electron chi connectivity index (χ0n) is 19.4. The van der Waals surface area contributed by atoms with E-state index in [4.69, 9.17) is 14.0 Å². The quantitative estimate of drug-likeness (QED) is 0.549. The van der Waals surface area contributed by atoms with Crippen molar-refractivity contribution in [2.24, 2.45) is 0 Å². The minimum atomic E-state index is -4.72. The van der Waals surface area contributed by atoms with Crippen LogP contribution in [0, 0.1) is 0 Å². The highest BCUT2D eigenvalue weighted by Crippen LogP contribution is 2.40. The molecule has 182 valence electrons. The highest BCUT2D eigenvalue weighted by molar-refractivity contribution is 6.56. The summed E-state index contributed by atoms with van der Waals surface area (Å²) in [7, 11) is -0.914. The van der Waals surface area contributed by atoms with Crippen LogP contribution in [0.15, 0.2) is 54.0 Å². The molecule has 0 unspecified atom stereocenters. The molecular formula is C24H27BF3NO5. The van der Waals surface area contributed by atoms with Crippen molar-refractivity contribution in [3.63, 3.8) is 0 Å². The summed E-state index contributed by atoms with van der Waals surface area (Å²) in [5.74, 6) is -0.871. The van der Waals surface area contributed by atoms with Gasteiger partial charge in [0.1, 0.15) is 12.4 Å². The van der Waals surface area contributed by atoms with Gasteiger partial charge in [-0.05, 0) is 56.4 Å². The molecule has 0 aromatic heterocycles. The standard InChI is InChI=1S/C24H27BF3NO5/c1-22(2)23(3,4)34-25(33-22)18(12-17-10-11-20(30)19(13-17)24(26,27)28)14-29-21(31)32-15-16-8-6-5-7-9-16/h5-13,30H,14-15H2,1-4H3,(H,29,31). The maximum absolute atomic E-state index is 13.2. The van der Waals surface area contributed by atoms with Crippen LogP contribution in [-0.2, 0) is 26.8 Å². The molecule has 2 aromatic rings. The summed E-state index contributed by atoms with van der Waals surface area (Å²) in [6.45, 7) is 7.34. The molecule has 34 heavy (non-hydrogen) atoms. The molecule has 1 aliphatic rings. The van der Waals surface area contributed by atoms with Gasteiger partial charge in [-0.1, -0.05) is 42.5 Å². The third-order valence-corrected chi connectivity index (χ3v) is 5.88. The Hall–Kier alpha value is -2.98. The highest BCUT2D eigenvalue weighted by atomic mass is 19.4. The number of halogens is 3. The first-order chi connectivity index (χ1) is 15.8. The lowest BCUT2D eigenvalue weighted by atomic mass is 9.77. The Morgan fingerprint density at radius 1 is 1.09 bits per heavy atom. The fourth-order valence-electron chi connectivity index (χ4n) is 3.23. The van der Waals surface area contributed by atoms with E-state index in [0.29, 0.717) is 5.47 Å². The van der Waals surface area contributed by atoms with Crippen molar-refractivity contribution >= 4 is 19.3 Å². The Balaban J connectivity index is 1.81. The summed E-state index contributed by atoms with van der Waals surface area (Å²) in [6.07, 6.45) is -3.99. The molecule has 0 spiro atoms. The van der Waals surface area contributed by atoms with Crippen molar-refractivity contribution in [3.8, 4) is 5.75 Å². The van der Waals surface area contributed by atoms with Crippen LogP contribution in [0.3, 0.4) is 0 Å². The molecule has 1 amide bonds. The van der Waals surface area contributed by atoms with Crippen LogP contribution in [0.4, 0.5) is 18.0 Å². The minimum Gasteiger partial charge on any atom is -0.507 e. The molecule has 0 atom stereocenters. The first-order valence-electron chi connectivity index (χ1n) is 10.7. The number of ether oxygens (including phenoxy) is 1. The number of alkyl carbamates (subject to hydrolysis) is 1. The largest absolute Gasteiger partial charge is 0.507 e. The van der Waals surface area contributed by atoms with Crippen LogP contribution in [0.1, 0.15) is 44.4 Å². The van der Waals surface area contributed by atoms with Crippen LogP contribution >= 0.6 is 0 Å². The maximum Gasteiger partial charge on any atom is 0.492 e. The summed E-state index contributed by atoms with van der Waals surface area (Å²) in [5, 5.41) is 12.2. The number of carbonyl (C=O) groups excluding carboxylic acids is 1. The fourth-order valence-corrected chi connectivity index (χ4v) is 3.23. The third-order valence-electron chi connectivity index (χ3n) is 5.88. The molecule has 1 aliphatic heterocycles. The molecule has 2 N–H and O–H groups in total. The summed E-state index contributed by atoms with van der Waals surface area (Å²) < 4.78 is 57.0. The van der Waals surface area contributed by atoms with E-state index in [1.165, 1.54) is 12.1 Å². The maximum atomic E-state index is 13.2. The van der Waals surface area contributed by atoms with Gasteiger partial charge < -0.3 is 24.5 Å². The average molecular weight is 477 g/mol. The number of carbonyl (C=O) groups is 1. The van der Waals surface area contributed by atoms with Gasteiger partial charge in [0.15, 0.2) is 0 Å². The van der Waals surface area contributed by atoms with Crippen LogP contribution in [0.5, 0.6) is 5.75 Å². The Labute approximate surface area is 196 Å². The number of amides is 1. The second kappa shape index (κ2) is 9.72. The van der Waals surface area contributed by atoms with E-state index in [1.807, 2.05) is 58.0 Å². The SMILES string of the molecule is CC1(C)OB(C(=Cc2ccc(O)c(C(F)(F)F)c2)CNC(=O)OCc2ccccc2)OC1(C)C. The van der Waals surface area contributed by atoms with Gasteiger partial charge >= 0.3 is 19.4 Å². The molecule has 0 saturated carbocycles. The van der Waals surface area contributed by atoms with E-state index >= 15 is 0 Å². The van der Waals surface area contributed by atoms with Crippen LogP contribution in [0.25, 0.3) is 6.08 Å². The molecule has 0 bridgehead atoms. The smallest absolute Gasteiger partial charge is 0.492 e. The summed E-state index contributed by atoms with van der Waals surface area (Å²) in [6, 6.07) is 12.2. The number of benzene rings is 2. The van der Waals surface area contributed by atoms with Gasteiger partial charge in [-0.2, -0.15) is 13.2 Å². The number of aromatic hydroxyl groups is 1. The van der Waals surface area contributed by atoms with Gasteiger partial charge in [0.25, 0.3) is 0 Å². The van der Waals surface area contributed by atoms with E-state index in [0.717, 1.165) is 17.7 Å². The molecule has 0 radical (unpaired) electrons. The molecule has 0 aliphatic carbocycles. The molecule has 2 aromatic carbocycles. The molecule has 10 heteroatoms. The summed E-state index contributed by atoms with van der Waals surface area (Å²) in [4.78, 5) is 12.2. The van der Waals surface area contributed by atoms with Crippen molar-refractivity contribution in [1.82, 2.24) is 5.32 Å². The Bertz CT molecular complexity index is 1040. The lowest BCUT2D eigenvalue weighted by Crippen LogP contribution is -2.41. The van der Waals surface area contributed by atoms with Gasteiger partial charge in [0.2, 0.25) is 0 Å². The summed E-state index contributed by atoms with van der Waals surface area (Å²) in [5.41, 5.74) is -1.20. The number of phenolic OH excluding ortho intramolecular Hbond substituents is 1. The topological polar surface area (TPSA) is 77.0 Å². The van der Waals surface area contributed by atoms with Crippen molar-refractivity contribution < 1.29 is 37.1 Å². The second-order valence-electron chi connectivity index (χ2n) is 9.00. The van der Waals surface area contributed by atoms with Crippen molar-refractivity contribution in [2.75, 3.05) is 6.54 Å². The molecule has 6 nitrogen and oxygen atoms in total. The zero-order chi connectivity index (χ0) is 25.1. The number of hydrogen-bond acceptors (Lipinski definition) is 5. The number of nitrogens with one attached hydrogen (secondary N) is 1. The first kappa shape index (κ1) is 25.6. The van der Waals surface area contributed by atoms with Crippen molar-refractivity contribution in [2.45, 2.75) is 51.7 Å². The van der Waals surface area contributed by atoms with Gasteiger partial charge in [0.05, 0.1) is 16.8 Å². The van der Waals surface area contributed by atoms with Gasteiger partial charge in [-0.25, -0.2) is 4.79 Å². The Morgan fingerprint density at radius 3 is 2.29 bits per heavy atom. The van der Waals surface area contributed by atoms with Crippen LogP contribution in [-0.4, -0.2) is 36.1 Å². The lowest BCUT2D eigenvalue weighted by Gasteiger charge is -2.32. The minimum absolute atomic E-state index is 0.0646. The molecule has 1 heterocycles. The predicted molar refractivity (Wildman–Crippen MR) is 122 cm³/mol. The van der Waals surface area contributed by atoms with Gasteiger partial charge in [-0.15, -0.1) is 0 Å². The molecule has 1 fully saturated rings. The van der Waals surface area contributed by atoms with Crippen molar-refractivity contribution in [3.05, 3.63) is 70.7 Å². The average Bonchev–Trinajstić information content (AvgIpc) is 2.97. The predicted octanol–water partition coefficient (Wildman–Crippen LogP) is 5.35. The highest BCUT2D eigenvalue weighted by Gasteiger charge is 2.52. The van der Waals surface area contributed by atoms with Crippen molar-refractivity contribution in [1.29, 1.82) is 0 Å². The van der Waals surface area contributed by atoms with Crippen LogP contribution in [0.2, 0.25) is 0 Å². The van der Waals surface area contributed by atoms with E-state index in [1.54, 1.807) is 0 Å². The van der Waals surface area contributed by atoms with E-state index in [-0.39, 0.29) is 18.7 Å².